The highest BCUT2D eigenvalue weighted by molar-refractivity contribution is 5.80. The molecule has 1 unspecified atom stereocenters. The van der Waals surface area contributed by atoms with Gasteiger partial charge in [0, 0.05) is 25.5 Å². The standard InChI is InChI=1S/C9H13N3O2/c10-4-8(13)9(14)12-6-7-2-1-3-11-5-7/h1-3,5,8,13H,4,6,10H2,(H,12,14). The van der Waals surface area contributed by atoms with Crippen LogP contribution in [0.2, 0.25) is 0 Å². The smallest absolute Gasteiger partial charge is 0.250 e. The van der Waals surface area contributed by atoms with Crippen molar-refractivity contribution < 1.29 is 9.90 Å². The molecule has 0 aliphatic heterocycles. The van der Waals surface area contributed by atoms with E-state index >= 15 is 0 Å². The van der Waals surface area contributed by atoms with E-state index in [1.165, 1.54) is 0 Å². The number of nitrogens with zero attached hydrogens (tertiary/aromatic N) is 1. The molecule has 0 spiro atoms. The Morgan fingerprint density at radius 3 is 3.07 bits per heavy atom. The monoisotopic (exact) mass is 195 g/mol. The highest BCUT2D eigenvalue weighted by atomic mass is 16.3. The number of hydrogen-bond acceptors (Lipinski definition) is 4. The van der Waals surface area contributed by atoms with Crippen molar-refractivity contribution in [1.82, 2.24) is 10.3 Å². The number of pyridine rings is 1. The second kappa shape index (κ2) is 5.31. The predicted molar refractivity (Wildman–Crippen MR) is 51.1 cm³/mol. The summed E-state index contributed by atoms with van der Waals surface area (Å²) in [6, 6.07) is 3.61. The molecule has 0 radical (unpaired) electrons. The lowest BCUT2D eigenvalue weighted by Crippen LogP contribution is -2.38. The quantitative estimate of drug-likeness (QED) is 0.576. The first-order valence-corrected chi connectivity index (χ1v) is 4.29. The van der Waals surface area contributed by atoms with Crippen LogP contribution in [-0.2, 0) is 11.3 Å². The van der Waals surface area contributed by atoms with Crippen LogP contribution in [0.4, 0.5) is 0 Å². The van der Waals surface area contributed by atoms with Crippen LogP contribution in [-0.4, -0.2) is 28.6 Å². The summed E-state index contributed by atoms with van der Waals surface area (Å²) in [7, 11) is 0. The maximum atomic E-state index is 11.1. The number of rotatable bonds is 4. The largest absolute Gasteiger partial charge is 0.382 e. The Hall–Kier alpha value is -1.46. The minimum atomic E-state index is -1.13. The lowest BCUT2D eigenvalue weighted by molar-refractivity contribution is -0.128. The molecule has 1 rings (SSSR count). The SMILES string of the molecule is NCC(O)C(=O)NCc1cccnc1. The average molecular weight is 195 g/mol. The molecule has 1 atom stereocenters. The number of aliphatic hydroxyl groups excluding tert-OH is 1. The first-order chi connectivity index (χ1) is 6.74. The topological polar surface area (TPSA) is 88.2 Å². The van der Waals surface area contributed by atoms with Crippen LogP contribution in [0.3, 0.4) is 0 Å². The number of carbonyl (C=O) groups is 1. The second-order valence-electron chi connectivity index (χ2n) is 2.83. The van der Waals surface area contributed by atoms with Crippen LogP contribution in [0.1, 0.15) is 5.56 Å². The maximum Gasteiger partial charge on any atom is 0.250 e. The molecule has 0 bridgehead atoms. The summed E-state index contributed by atoms with van der Waals surface area (Å²) in [6.45, 7) is 0.280. The van der Waals surface area contributed by atoms with Crippen molar-refractivity contribution in [2.24, 2.45) is 5.73 Å². The van der Waals surface area contributed by atoms with E-state index < -0.39 is 12.0 Å². The van der Waals surface area contributed by atoms with Gasteiger partial charge in [-0.25, -0.2) is 0 Å². The first kappa shape index (κ1) is 10.6. The van der Waals surface area contributed by atoms with Crippen LogP contribution in [0.5, 0.6) is 0 Å². The Balaban J connectivity index is 2.38. The summed E-state index contributed by atoms with van der Waals surface area (Å²) < 4.78 is 0. The number of aromatic nitrogens is 1. The molecule has 1 heterocycles. The maximum absolute atomic E-state index is 11.1. The summed E-state index contributed by atoms with van der Waals surface area (Å²) in [5.74, 6) is -0.462. The molecule has 1 aromatic rings. The summed E-state index contributed by atoms with van der Waals surface area (Å²) in [6.07, 6.45) is 2.17. The fourth-order valence-electron chi connectivity index (χ4n) is 0.917. The molecule has 0 fully saturated rings. The molecule has 0 saturated heterocycles. The van der Waals surface area contributed by atoms with Gasteiger partial charge in [-0.2, -0.15) is 0 Å². The number of amides is 1. The van der Waals surface area contributed by atoms with Crippen molar-refractivity contribution in [2.75, 3.05) is 6.54 Å². The molecule has 0 saturated carbocycles. The van der Waals surface area contributed by atoms with E-state index in [1.54, 1.807) is 18.5 Å². The molecule has 0 aliphatic carbocycles. The van der Waals surface area contributed by atoms with Gasteiger partial charge in [-0.05, 0) is 11.6 Å². The number of nitrogens with two attached hydrogens (primary N) is 1. The van der Waals surface area contributed by atoms with Gasteiger partial charge < -0.3 is 16.2 Å². The van der Waals surface area contributed by atoms with Gasteiger partial charge in [0.25, 0.3) is 0 Å². The molecule has 1 amide bonds. The van der Waals surface area contributed by atoms with Crippen molar-refractivity contribution in [3.05, 3.63) is 30.1 Å². The average Bonchev–Trinajstić information content (AvgIpc) is 2.26. The Morgan fingerprint density at radius 2 is 2.50 bits per heavy atom. The molecule has 76 valence electrons. The zero-order valence-corrected chi connectivity index (χ0v) is 7.68. The predicted octanol–water partition coefficient (Wildman–Crippen LogP) is -0.983. The van der Waals surface area contributed by atoms with Crippen molar-refractivity contribution in [1.29, 1.82) is 0 Å². The molecule has 5 nitrogen and oxygen atoms in total. The van der Waals surface area contributed by atoms with Crippen LogP contribution in [0.15, 0.2) is 24.5 Å². The van der Waals surface area contributed by atoms with Crippen molar-refractivity contribution in [2.45, 2.75) is 12.6 Å². The minimum Gasteiger partial charge on any atom is -0.382 e. The summed E-state index contributed by atoms with van der Waals surface area (Å²) in [5.41, 5.74) is 6.00. The summed E-state index contributed by atoms with van der Waals surface area (Å²) in [5, 5.41) is 11.6. The van der Waals surface area contributed by atoms with Gasteiger partial charge in [-0.3, -0.25) is 9.78 Å². The first-order valence-electron chi connectivity index (χ1n) is 4.29. The summed E-state index contributed by atoms with van der Waals surface area (Å²) >= 11 is 0. The van der Waals surface area contributed by atoms with Crippen LogP contribution in [0.25, 0.3) is 0 Å². The van der Waals surface area contributed by atoms with E-state index in [-0.39, 0.29) is 6.54 Å². The fourth-order valence-corrected chi connectivity index (χ4v) is 0.917. The molecule has 1 aromatic heterocycles. The van der Waals surface area contributed by atoms with E-state index in [2.05, 4.69) is 10.3 Å². The van der Waals surface area contributed by atoms with Gasteiger partial charge >= 0.3 is 0 Å². The van der Waals surface area contributed by atoms with E-state index in [4.69, 9.17) is 10.8 Å². The van der Waals surface area contributed by atoms with Gasteiger partial charge in [0.2, 0.25) is 5.91 Å². The third-order valence-corrected chi connectivity index (χ3v) is 1.72. The molecule has 0 aromatic carbocycles. The van der Waals surface area contributed by atoms with E-state index in [1.807, 2.05) is 6.07 Å². The molecule has 5 heteroatoms. The van der Waals surface area contributed by atoms with E-state index in [0.717, 1.165) is 5.56 Å². The van der Waals surface area contributed by atoms with Gasteiger partial charge in [0.15, 0.2) is 0 Å². The molecular weight excluding hydrogens is 182 g/mol. The highest BCUT2D eigenvalue weighted by Gasteiger charge is 2.11. The molecule has 4 N–H and O–H groups in total. The summed E-state index contributed by atoms with van der Waals surface area (Å²) in [4.78, 5) is 15.0. The zero-order valence-electron chi connectivity index (χ0n) is 7.68. The Labute approximate surface area is 82.0 Å². The normalized spacial score (nSPS) is 12.1. The second-order valence-corrected chi connectivity index (χ2v) is 2.83. The van der Waals surface area contributed by atoms with Gasteiger partial charge in [-0.1, -0.05) is 6.07 Å². The third-order valence-electron chi connectivity index (χ3n) is 1.72. The fraction of sp³-hybridized carbons (Fsp3) is 0.333. The highest BCUT2D eigenvalue weighted by Crippen LogP contribution is 1.94. The van der Waals surface area contributed by atoms with Crippen molar-refractivity contribution in [3.63, 3.8) is 0 Å². The van der Waals surface area contributed by atoms with Crippen molar-refractivity contribution >= 4 is 5.91 Å². The van der Waals surface area contributed by atoms with Gasteiger partial charge in [0.1, 0.15) is 6.10 Å². The third kappa shape index (κ3) is 3.12. The molecular formula is C9H13N3O2. The van der Waals surface area contributed by atoms with Crippen molar-refractivity contribution in [3.8, 4) is 0 Å². The lowest BCUT2D eigenvalue weighted by Gasteiger charge is -2.08. The Morgan fingerprint density at radius 1 is 1.71 bits per heavy atom. The molecule has 14 heavy (non-hydrogen) atoms. The number of nitrogens with one attached hydrogen (secondary N) is 1. The number of hydrogen-bond donors (Lipinski definition) is 3. The van der Waals surface area contributed by atoms with Crippen LogP contribution >= 0.6 is 0 Å². The van der Waals surface area contributed by atoms with Crippen LogP contribution in [0, 0.1) is 0 Å². The van der Waals surface area contributed by atoms with Crippen LogP contribution < -0.4 is 11.1 Å². The Bertz CT molecular complexity index is 289. The molecule has 0 aliphatic rings. The van der Waals surface area contributed by atoms with Gasteiger partial charge in [-0.15, -0.1) is 0 Å². The number of carbonyl (C=O) groups excluding carboxylic acids is 1. The van der Waals surface area contributed by atoms with E-state index in [9.17, 15) is 4.79 Å². The van der Waals surface area contributed by atoms with E-state index in [0.29, 0.717) is 6.54 Å². The number of aliphatic hydroxyl groups is 1. The minimum absolute atomic E-state index is 0.0706. The zero-order chi connectivity index (χ0) is 10.4. The Kier molecular flexibility index (Phi) is 4.03. The van der Waals surface area contributed by atoms with Gasteiger partial charge in [0.05, 0.1) is 0 Å². The lowest BCUT2D eigenvalue weighted by atomic mass is 10.2.